The summed E-state index contributed by atoms with van der Waals surface area (Å²) in [5.74, 6) is 1.26. The van der Waals surface area contributed by atoms with E-state index in [0.717, 1.165) is 11.3 Å². The third-order valence-electron chi connectivity index (χ3n) is 3.90. The van der Waals surface area contributed by atoms with Gasteiger partial charge >= 0.3 is 6.03 Å². The van der Waals surface area contributed by atoms with Gasteiger partial charge in [-0.1, -0.05) is 12.1 Å². The Balaban J connectivity index is 1.34. The Labute approximate surface area is 170 Å². The van der Waals surface area contributed by atoms with Gasteiger partial charge in [-0.05, 0) is 18.2 Å². The van der Waals surface area contributed by atoms with Gasteiger partial charge < -0.3 is 15.4 Å². The molecule has 1 aromatic carbocycles. The summed E-state index contributed by atoms with van der Waals surface area (Å²) >= 11 is 1.52. The molecule has 0 atom stereocenters. The molecule has 0 fully saturated rings. The van der Waals surface area contributed by atoms with Crippen molar-refractivity contribution in [3.05, 3.63) is 77.4 Å². The molecule has 4 rings (SSSR count). The first-order valence-corrected chi connectivity index (χ1v) is 9.66. The largest absolute Gasteiger partial charge is 0.487 e. The van der Waals surface area contributed by atoms with Crippen molar-refractivity contribution in [2.24, 2.45) is 0 Å². The fraction of sp³-hybridized carbons (Fsp3) is 0.105. The lowest BCUT2D eigenvalue weighted by atomic mass is 10.2. The zero-order valence-electron chi connectivity index (χ0n) is 15.2. The number of amides is 2. The number of urea groups is 1. The van der Waals surface area contributed by atoms with Crippen molar-refractivity contribution in [2.75, 3.05) is 5.32 Å². The number of ether oxygens (including phenoxy) is 1. The van der Waals surface area contributed by atoms with Crippen molar-refractivity contribution in [1.82, 2.24) is 30.0 Å². The lowest BCUT2D eigenvalue weighted by Gasteiger charge is -2.11. The number of hydrogen-bond donors (Lipinski definition) is 2. The standard InChI is InChI=1S/C19H17N7O2S/c27-19(22-8-14-3-2-6-21-18(14)26-12-20-11-24-26)25-15-4-1-5-17(7-15)28-9-16-10-29-13-23-16/h1-7,10-13H,8-9H2,(H2,22,25,27). The highest BCUT2D eigenvalue weighted by Crippen LogP contribution is 2.19. The van der Waals surface area contributed by atoms with Crippen molar-refractivity contribution in [3.63, 3.8) is 0 Å². The second-order valence-electron chi connectivity index (χ2n) is 5.93. The van der Waals surface area contributed by atoms with Gasteiger partial charge in [0, 0.05) is 35.4 Å². The molecule has 4 aromatic rings. The molecule has 2 N–H and O–H groups in total. The fourth-order valence-electron chi connectivity index (χ4n) is 2.57. The van der Waals surface area contributed by atoms with Crippen LogP contribution in [0.3, 0.4) is 0 Å². The monoisotopic (exact) mass is 407 g/mol. The maximum atomic E-state index is 12.3. The molecule has 3 aromatic heterocycles. The van der Waals surface area contributed by atoms with Crippen LogP contribution in [0.25, 0.3) is 5.82 Å². The van der Waals surface area contributed by atoms with Crippen LogP contribution < -0.4 is 15.4 Å². The number of carbonyl (C=O) groups excluding carboxylic acids is 1. The smallest absolute Gasteiger partial charge is 0.319 e. The van der Waals surface area contributed by atoms with Crippen LogP contribution in [0.5, 0.6) is 5.75 Å². The molecule has 0 bridgehead atoms. The first-order chi connectivity index (χ1) is 14.3. The zero-order chi connectivity index (χ0) is 19.9. The molecule has 0 aliphatic rings. The first-order valence-electron chi connectivity index (χ1n) is 8.71. The van der Waals surface area contributed by atoms with Crippen molar-refractivity contribution in [1.29, 1.82) is 0 Å². The number of aromatic nitrogens is 5. The van der Waals surface area contributed by atoms with Gasteiger partial charge in [0.05, 0.1) is 11.2 Å². The minimum Gasteiger partial charge on any atom is -0.487 e. The van der Waals surface area contributed by atoms with Crippen molar-refractivity contribution in [2.45, 2.75) is 13.2 Å². The summed E-state index contributed by atoms with van der Waals surface area (Å²) in [6.07, 6.45) is 4.66. The minimum atomic E-state index is -0.338. The predicted molar refractivity (Wildman–Crippen MR) is 108 cm³/mol. The van der Waals surface area contributed by atoms with E-state index in [0.29, 0.717) is 23.9 Å². The summed E-state index contributed by atoms with van der Waals surface area (Å²) in [6, 6.07) is 10.5. The number of anilines is 1. The van der Waals surface area contributed by atoms with Gasteiger partial charge in [-0.15, -0.1) is 11.3 Å². The lowest BCUT2D eigenvalue weighted by Crippen LogP contribution is -2.28. The first kappa shape index (κ1) is 18.6. The van der Waals surface area contributed by atoms with Crippen LogP contribution in [0, 0.1) is 0 Å². The molecule has 0 unspecified atom stereocenters. The molecule has 146 valence electrons. The third kappa shape index (κ3) is 4.93. The number of hydrogen-bond acceptors (Lipinski definition) is 7. The second-order valence-corrected chi connectivity index (χ2v) is 6.65. The Bertz CT molecular complexity index is 1070. The topological polar surface area (TPSA) is 107 Å². The van der Waals surface area contributed by atoms with Gasteiger partial charge in [-0.3, -0.25) is 0 Å². The Hall–Kier alpha value is -3.79. The van der Waals surface area contributed by atoms with E-state index in [1.807, 2.05) is 23.6 Å². The van der Waals surface area contributed by atoms with Gasteiger partial charge in [0.2, 0.25) is 0 Å². The molecule has 10 heteroatoms. The molecule has 0 aliphatic heterocycles. The number of carbonyl (C=O) groups is 1. The van der Waals surface area contributed by atoms with Gasteiger partial charge in [0.25, 0.3) is 0 Å². The van der Waals surface area contributed by atoms with Crippen LogP contribution in [0.1, 0.15) is 11.3 Å². The molecule has 29 heavy (non-hydrogen) atoms. The van der Waals surface area contributed by atoms with Crippen LogP contribution in [0.2, 0.25) is 0 Å². The van der Waals surface area contributed by atoms with E-state index in [1.165, 1.54) is 17.7 Å². The second kappa shape index (κ2) is 8.93. The van der Waals surface area contributed by atoms with Crippen molar-refractivity contribution in [3.8, 4) is 11.6 Å². The number of thiazole rings is 1. The average molecular weight is 407 g/mol. The quantitative estimate of drug-likeness (QED) is 0.488. The highest BCUT2D eigenvalue weighted by molar-refractivity contribution is 7.07. The third-order valence-corrected chi connectivity index (χ3v) is 4.54. The van der Waals surface area contributed by atoms with Crippen molar-refractivity contribution >= 4 is 23.1 Å². The van der Waals surface area contributed by atoms with E-state index in [2.05, 4.69) is 30.7 Å². The molecular formula is C19H17N7O2S. The molecule has 0 spiro atoms. The Kier molecular flexibility index (Phi) is 5.72. The van der Waals surface area contributed by atoms with Gasteiger partial charge in [0.1, 0.15) is 25.0 Å². The number of nitrogens with zero attached hydrogens (tertiary/aromatic N) is 5. The number of pyridine rings is 1. The van der Waals surface area contributed by atoms with Crippen LogP contribution in [0.4, 0.5) is 10.5 Å². The minimum absolute atomic E-state index is 0.287. The molecule has 0 saturated carbocycles. The molecule has 9 nitrogen and oxygen atoms in total. The van der Waals surface area contributed by atoms with E-state index in [4.69, 9.17) is 4.74 Å². The fourth-order valence-corrected chi connectivity index (χ4v) is 3.12. The van der Waals surface area contributed by atoms with Crippen LogP contribution in [0.15, 0.2) is 66.1 Å². The van der Waals surface area contributed by atoms with E-state index < -0.39 is 0 Å². The Morgan fingerprint density at radius 2 is 2.17 bits per heavy atom. The van der Waals surface area contributed by atoms with E-state index in [1.54, 1.807) is 40.9 Å². The summed E-state index contributed by atoms with van der Waals surface area (Å²) in [5, 5.41) is 11.6. The van der Waals surface area contributed by atoms with E-state index in [9.17, 15) is 4.79 Å². The molecule has 2 amide bonds. The van der Waals surface area contributed by atoms with E-state index in [-0.39, 0.29) is 12.6 Å². The summed E-state index contributed by atoms with van der Waals surface area (Å²) < 4.78 is 7.26. The molecule has 3 heterocycles. The summed E-state index contributed by atoms with van der Waals surface area (Å²) in [6.45, 7) is 0.667. The molecule has 0 aliphatic carbocycles. The lowest BCUT2D eigenvalue weighted by molar-refractivity contribution is 0.251. The van der Waals surface area contributed by atoms with E-state index >= 15 is 0 Å². The number of rotatable bonds is 7. The van der Waals surface area contributed by atoms with Gasteiger partial charge in [-0.25, -0.2) is 24.4 Å². The van der Waals surface area contributed by atoms with Crippen LogP contribution in [-0.2, 0) is 13.2 Å². The molecule has 0 radical (unpaired) electrons. The molecular weight excluding hydrogens is 390 g/mol. The highest BCUT2D eigenvalue weighted by atomic mass is 32.1. The Morgan fingerprint density at radius 1 is 1.21 bits per heavy atom. The average Bonchev–Trinajstić information content (AvgIpc) is 3.45. The highest BCUT2D eigenvalue weighted by Gasteiger charge is 2.09. The summed E-state index contributed by atoms with van der Waals surface area (Å²) in [5.41, 5.74) is 4.07. The van der Waals surface area contributed by atoms with Crippen LogP contribution in [-0.4, -0.2) is 30.8 Å². The zero-order valence-corrected chi connectivity index (χ0v) is 16.0. The molecule has 0 saturated heterocycles. The Morgan fingerprint density at radius 3 is 3.00 bits per heavy atom. The summed E-state index contributed by atoms with van der Waals surface area (Å²) in [4.78, 5) is 24.7. The maximum Gasteiger partial charge on any atom is 0.319 e. The predicted octanol–water partition coefficient (Wildman–Crippen LogP) is 3.02. The number of nitrogens with one attached hydrogen (secondary N) is 2. The van der Waals surface area contributed by atoms with Crippen LogP contribution >= 0.6 is 11.3 Å². The normalized spacial score (nSPS) is 10.5. The number of benzene rings is 1. The maximum absolute atomic E-state index is 12.3. The van der Waals surface area contributed by atoms with Crippen molar-refractivity contribution < 1.29 is 9.53 Å². The van der Waals surface area contributed by atoms with Gasteiger partial charge in [-0.2, -0.15) is 5.10 Å². The summed E-state index contributed by atoms with van der Waals surface area (Å²) in [7, 11) is 0. The SMILES string of the molecule is O=C(NCc1cccnc1-n1cncn1)Nc1cccc(OCc2cscn2)c1. The van der Waals surface area contributed by atoms with Gasteiger partial charge in [0.15, 0.2) is 5.82 Å².